The van der Waals surface area contributed by atoms with Crippen molar-refractivity contribution in [1.29, 1.82) is 0 Å². The average molecular weight is 272 g/mol. The fourth-order valence-electron chi connectivity index (χ4n) is 1.12. The highest BCUT2D eigenvalue weighted by atomic mass is 79.9. The lowest BCUT2D eigenvalue weighted by Gasteiger charge is -2.05. The molecule has 0 spiro atoms. The summed E-state index contributed by atoms with van der Waals surface area (Å²) in [7, 11) is 0. The van der Waals surface area contributed by atoms with E-state index in [-0.39, 0.29) is 5.91 Å². The van der Waals surface area contributed by atoms with E-state index in [4.69, 9.17) is 4.74 Å². The van der Waals surface area contributed by atoms with Crippen LogP contribution in [-0.2, 0) is 11.3 Å². The zero-order valence-electron chi connectivity index (χ0n) is 8.63. The van der Waals surface area contributed by atoms with Crippen LogP contribution in [0.15, 0.2) is 24.3 Å². The third-order valence-electron chi connectivity index (χ3n) is 1.85. The number of ether oxygens (including phenoxy) is 1. The molecule has 1 aromatic carbocycles. The molecule has 0 heterocycles. The first-order chi connectivity index (χ1) is 7.26. The maximum atomic E-state index is 11.0. The molecule has 0 aliphatic rings. The van der Waals surface area contributed by atoms with E-state index in [1.807, 2.05) is 31.2 Å². The van der Waals surface area contributed by atoms with Gasteiger partial charge < -0.3 is 10.1 Å². The Labute approximate surface area is 97.9 Å². The van der Waals surface area contributed by atoms with Gasteiger partial charge in [-0.05, 0) is 24.6 Å². The molecule has 82 valence electrons. The van der Waals surface area contributed by atoms with E-state index in [0.717, 1.165) is 11.3 Å². The van der Waals surface area contributed by atoms with Crippen molar-refractivity contribution in [2.75, 3.05) is 11.9 Å². The number of benzene rings is 1. The molecule has 0 aliphatic heterocycles. The summed E-state index contributed by atoms with van der Waals surface area (Å²) in [6, 6.07) is 7.69. The average Bonchev–Trinajstić information content (AvgIpc) is 2.28. The van der Waals surface area contributed by atoms with Crippen molar-refractivity contribution in [3.8, 4) is 5.75 Å². The first kappa shape index (κ1) is 12.0. The summed E-state index contributed by atoms with van der Waals surface area (Å²) < 4.78 is 5.31. The molecule has 1 N–H and O–H groups in total. The number of nitrogens with one attached hydrogen (secondary N) is 1. The van der Waals surface area contributed by atoms with Crippen LogP contribution in [0.3, 0.4) is 0 Å². The Kier molecular flexibility index (Phi) is 5.18. The van der Waals surface area contributed by atoms with Crippen molar-refractivity contribution >= 4 is 21.8 Å². The first-order valence-corrected chi connectivity index (χ1v) is 5.92. The lowest BCUT2D eigenvalue weighted by atomic mass is 10.2. The molecule has 0 bridgehead atoms. The van der Waals surface area contributed by atoms with Crippen molar-refractivity contribution in [2.24, 2.45) is 0 Å². The highest BCUT2D eigenvalue weighted by molar-refractivity contribution is 9.09. The molecule has 0 aromatic heterocycles. The van der Waals surface area contributed by atoms with E-state index in [2.05, 4.69) is 21.2 Å². The second-order valence-corrected chi connectivity index (χ2v) is 3.55. The normalized spacial score (nSPS) is 9.73. The molecule has 0 saturated heterocycles. The lowest BCUT2D eigenvalue weighted by Crippen LogP contribution is -2.23. The second-order valence-electron chi connectivity index (χ2n) is 2.99. The maximum Gasteiger partial charge on any atom is 0.230 e. The third kappa shape index (κ3) is 4.34. The van der Waals surface area contributed by atoms with Gasteiger partial charge in [0.15, 0.2) is 0 Å². The molecule has 0 fully saturated rings. The molecule has 3 nitrogen and oxygen atoms in total. The van der Waals surface area contributed by atoms with E-state index in [1.54, 1.807) is 0 Å². The Morgan fingerprint density at radius 1 is 1.40 bits per heavy atom. The molecule has 1 amide bonds. The van der Waals surface area contributed by atoms with Crippen LogP contribution in [0.1, 0.15) is 12.5 Å². The molecule has 0 atom stereocenters. The van der Waals surface area contributed by atoms with Crippen molar-refractivity contribution in [3.05, 3.63) is 29.8 Å². The number of carbonyl (C=O) groups excluding carboxylic acids is 1. The van der Waals surface area contributed by atoms with Crippen LogP contribution in [0, 0.1) is 0 Å². The smallest absolute Gasteiger partial charge is 0.230 e. The Morgan fingerprint density at radius 2 is 2.07 bits per heavy atom. The van der Waals surface area contributed by atoms with E-state index >= 15 is 0 Å². The molecule has 0 unspecified atom stereocenters. The zero-order valence-corrected chi connectivity index (χ0v) is 10.2. The topological polar surface area (TPSA) is 38.3 Å². The van der Waals surface area contributed by atoms with Crippen LogP contribution in [-0.4, -0.2) is 17.8 Å². The number of hydrogen-bond donors (Lipinski definition) is 1. The molecule has 1 rings (SSSR count). The summed E-state index contributed by atoms with van der Waals surface area (Å²) in [5, 5.41) is 3.11. The fourth-order valence-corrected chi connectivity index (χ4v) is 1.32. The number of halogens is 1. The van der Waals surface area contributed by atoms with Gasteiger partial charge in [0, 0.05) is 6.54 Å². The summed E-state index contributed by atoms with van der Waals surface area (Å²) in [4.78, 5) is 11.0. The minimum atomic E-state index is -0.0103. The number of hydrogen-bond acceptors (Lipinski definition) is 2. The monoisotopic (exact) mass is 271 g/mol. The largest absolute Gasteiger partial charge is 0.494 e. The molecule has 4 heteroatoms. The molecular weight excluding hydrogens is 258 g/mol. The van der Waals surface area contributed by atoms with Crippen molar-refractivity contribution in [2.45, 2.75) is 13.5 Å². The number of carbonyl (C=O) groups is 1. The third-order valence-corrected chi connectivity index (χ3v) is 2.35. The molecule has 0 radical (unpaired) electrons. The van der Waals surface area contributed by atoms with Crippen LogP contribution >= 0.6 is 15.9 Å². The minimum Gasteiger partial charge on any atom is -0.494 e. The van der Waals surface area contributed by atoms with Crippen LogP contribution < -0.4 is 10.1 Å². The number of amides is 1. The van der Waals surface area contributed by atoms with Gasteiger partial charge in [-0.1, -0.05) is 28.1 Å². The Morgan fingerprint density at radius 3 is 2.60 bits per heavy atom. The van der Waals surface area contributed by atoms with E-state index in [1.165, 1.54) is 0 Å². The van der Waals surface area contributed by atoms with Crippen molar-refractivity contribution in [3.63, 3.8) is 0 Å². The molecule has 0 aliphatic carbocycles. The van der Waals surface area contributed by atoms with E-state index < -0.39 is 0 Å². The zero-order chi connectivity index (χ0) is 11.1. The van der Waals surface area contributed by atoms with Crippen LogP contribution in [0.25, 0.3) is 0 Å². The maximum absolute atomic E-state index is 11.0. The van der Waals surface area contributed by atoms with E-state index in [9.17, 15) is 4.79 Å². The molecule has 15 heavy (non-hydrogen) atoms. The summed E-state index contributed by atoms with van der Waals surface area (Å²) in [6.07, 6.45) is 0. The standard InChI is InChI=1S/C11H14BrNO2/c1-2-15-10-5-3-9(4-6-10)8-13-11(14)7-12/h3-6H,2,7-8H2,1H3,(H,13,14). The SMILES string of the molecule is CCOc1ccc(CNC(=O)CBr)cc1. The van der Waals surface area contributed by atoms with Crippen LogP contribution in [0.4, 0.5) is 0 Å². The Balaban J connectivity index is 2.45. The quantitative estimate of drug-likeness (QED) is 0.833. The second kappa shape index (κ2) is 6.45. The van der Waals surface area contributed by atoms with Gasteiger partial charge in [-0.3, -0.25) is 4.79 Å². The summed E-state index contributed by atoms with van der Waals surface area (Å²) in [5.74, 6) is 0.844. The molecular formula is C11H14BrNO2. The van der Waals surface area contributed by atoms with Crippen LogP contribution in [0.2, 0.25) is 0 Å². The number of rotatable bonds is 5. The lowest BCUT2D eigenvalue weighted by molar-refractivity contribution is -0.118. The van der Waals surface area contributed by atoms with Gasteiger partial charge in [0.1, 0.15) is 5.75 Å². The molecule has 1 aromatic rings. The van der Waals surface area contributed by atoms with Crippen LogP contribution in [0.5, 0.6) is 5.75 Å². The summed E-state index contributed by atoms with van der Waals surface area (Å²) >= 11 is 3.09. The van der Waals surface area contributed by atoms with Gasteiger partial charge in [-0.25, -0.2) is 0 Å². The first-order valence-electron chi connectivity index (χ1n) is 4.80. The van der Waals surface area contributed by atoms with Gasteiger partial charge in [-0.2, -0.15) is 0 Å². The highest BCUT2D eigenvalue weighted by Crippen LogP contribution is 2.11. The van der Waals surface area contributed by atoms with Crippen molar-refractivity contribution < 1.29 is 9.53 Å². The predicted octanol–water partition coefficient (Wildman–Crippen LogP) is 2.10. The van der Waals surface area contributed by atoms with Gasteiger partial charge in [0.25, 0.3) is 0 Å². The Bertz CT molecular complexity index is 311. The minimum absolute atomic E-state index is 0.0103. The summed E-state index contributed by atoms with van der Waals surface area (Å²) in [5.41, 5.74) is 1.06. The van der Waals surface area contributed by atoms with Gasteiger partial charge in [-0.15, -0.1) is 0 Å². The summed E-state index contributed by atoms with van der Waals surface area (Å²) in [6.45, 7) is 3.17. The highest BCUT2D eigenvalue weighted by Gasteiger charge is 1.98. The predicted molar refractivity (Wildman–Crippen MR) is 63.3 cm³/mol. The Hall–Kier alpha value is -1.03. The van der Waals surface area contributed by atoms with Gasteiger partial charge in [0.2, 0.25) is 5.91 Å². The number of alkyl halides is 1. The van der Waals surface area contributed by atoms with Gasteiger partial charge in [0.05, 0.1) is 11.9 Å². The fraction of sp³-hybridized carbons (Fsp3) is 0.364. The van der Waals surface area contributed by atoms with Crippen molar-refractivity contribution in [1.82, 2.24) is 5.32 Å². The van der Waals surface area contributed by atoms with Gasteiger partial charge >= 0.3 is 0 Å². The van der Waals surface area contributed by atoms with E-state index in [0.29, 0.717) is 18.5 Å². The molecule has 0 saturated carbocycles.